The maximum Gasteiger partial charge on any atom is 0.173 e. The van der Waals surface area contributed by atoms with Crippen molar-refractivity contribution in [3.05, 3.63) is 65.5 Å². The SMILES string of the molecule is Cc1nc(SCC(=O)c2ccccc2C)c2ccccc2n1. The molecule has 0 N–H and O–H groups in total. The Hall–Kier alpha value is -2.20. The van der Waals surface area contributed by atoms with Gasteiger partial charge in [-0.25, -0.2) is 9.97 Å². The lowest BCUT2D eigenvalue weighted by molar-refractivity contribution is 0.102. The summed E-state index contributed by atoms with van der Waals surface area (Å²) in [5, 5.41) is 1.86. The Kier molecular flexibility index (Phi) is 4.20. The minimum atomic E-state index is 0.128. The minimum Gasteiger partial charge on any atom is -0.293 e. The third-order valence-electron chi connectivity index (χ3n) is 3.47. The number of fused-ring (bicyclic) bond motifs is 1. The zero-order valence-corrected chi connectivity index (χ0v) is 13.4. The number of aromatic nitrogens is 2. The lowest BCUT2D eigenvalue weighted by atomic mass is 10.1. The molecule has 0 aliphatic carbocycles. The minimum absolute atomic E-state index is 0.128. The van der Waals surface area contributed by atoms with Crippen LogP contribution in [-0.2, 0) is 0 Å². The van der Waals surface area contributed by atoms with Crippen LogP contribution in [0.25, 0.3) is 10.9 Å². The zero-order valence-electron chi connectivity index (χ0n) is 12.5. The van der Waals surface area contributed by atoms with Crippen molar-refractivity contribution in [2.24, 2.45) is 0 Å². The van der Waals surface area contributed by atoms with E-state index in [1.165, 1.54) is 11.8 Å². The van der Waals surface area contributed by atoms with E-state index >= 15 is 0 Å². The van der Waals surface area contributed by atoms with Gasteiger partial charge in [-0.1, -0.05) is 54.2 Å². The Morgan fingerprint density at radius 2 is 1.73 bits per heavy atom. The van der Waals surface area contributed by atoms with E-state index in [9.17, 15) is 4.79 Å². The molecule has 3 rings (SSSR count). The molecule has 0 saturated heterocycles. The first-order valence-electron chi connectivity index (χ1n) is 7.10. The number of nitrogens with zero attached hydrogens (tertiary/aromatic N) is 2. The second-order valence-electron chi connectivity index (χ2n) is 5.12. The lowest BCUT2D eigenvalue weighted by Gasteiger charge is -2.07. The predicted molar refractivity (Wildman–Crippen MR) is 90.5 cm³/mol. The summed E-state index contributed by atoms with van der Waals surface area (Å²) in [5.74, 6) is 1.23. The van der Waals surface area contributed by atoms with E-state index in [-0.39, 0.29) is 5.78 Å². The summed E-state index contributed by atoms with van der Waals surface area (Å²) in [6, 6.07) is 15.6. The third kappa shape index (κ3) is 3.02. The summed E-state index contributed by atoms with van der Waals surface area (Å²) < 4.78 is 0. The molecule has 0 saturated carbocycles. The molecule has 0 unspecified atom stereocenters. The molecule has 0 amide bonds. The molecule has 0 radical (unpaired) electrons. The number of rotatable bonds is 4. The molecular formula is C18H16N2OS. The standard InChI is InChI=1S/C18H16N2OS/c1-12-7-3-4-8-14(12)17(21)11-22-18-15-9-5-6-10-16(15)19-13(2)20-18/h3-10H,11H2,1-2H3. The molecule has 2 aromatic carbocycles. The summed E-state index contributed by atoms with van der Waals surface area (Å²) in [4.78, 5) is 21.3. The normalized spacial score (nSPS) is 10.8. The van der Waals surface area contributed by atoms with Crippen LogP contribution in [0, 0.1) is 13.8 Å². The van der Waals surface area contributed by atoms with Crippen LogP contribution in [0.1, 0.15) is 21.7 Å². The fourth-order valence-corrected chi connectivity index (χ4v) is 3.31. The summed E-state index contributed by atoms with van der Waals surface area (Å²) >= 11 is 1.48. The highest BCUT2D eigenvalue weighted by Gasteiger charge is 2.12. The highest BCUT2D eigenvalue weighted by molar-refractivity contribution is 8.00. The first kappa shape index (κ1) is 14.7. The lowest BCUT2D eigenvalue weighted by Crippen LogP contribution is -2.05. The van der Waals surface area contributed by atoms with Crippen molar-refractivity contribution < 1.29 is 4.79 Å². The Morgan fingerprint density at radius 1 is 1.00 bits per heavy atom. The van der Waals surface area contributed by atoms with Crippen LogP contribution in [0.3, 0.4) is 0 Å². The van der Waals surface area contributed by atoms with Gasteiger partial charge in [-0.05, 0) is 25.5 Å². The van der Waals surface area contributed by atoms with E-state index in [1.54, 1.807) is 0 Å². The van der Waals surface area contributed by atoms with Crippen LogP contribution in [0.5, 0.6) is 0 Å². The number of carbonyl (C=O) groups is 1. The average molecular weight is 308 g/mol. The van der Waals surface area contributed by atoms with Gasteiger partial charge in [0.25, 0.3) is 0 Å². The van der Waals surface area contributed by atoms with Gasteiger partial charge in [0.1, 0.15) is 10.9 Å². The molecule has 0 aliphatic heterocycles. The number of para-hydroxylation sites is 1. The second kappa shape index (κ2) is 6.28. The highest BCUT2D eigenvalue weighted by Crippen LogP contribution is 2.26. The predicted octanol–water partition coefficient (Wildman–Crippen LogP) is 4.22. The van der Waals surface area contributed by atoms with Crippen molar-refractivity contribution in [1.82, 2.24) is 9.97 Å². The monoisotopic (exact) mass is 308 g/mol. The molecule has 22 heavy (non-hydrogen) atoms. The van der Waals surface area contributed by atoms with Crippen molar-refractivity contribution in [1.29, 1.82) is 0 Å². The molecule has 3 nitrogen and oxygen atoms in total. The van der Waals surface area contributed by atoms with Crippen LogP contribution in [0.15, 0.2) is 53.6 Å². The smallest absolute Gasteiger partial charge is 0.173 e. The summed E-state index contributed by atoms with van der Waals surface area (Å²) in [6.45, 7) is 3.84. The molecule has 0 bridgehead atoms. The molecule has 4 heteroatoms. The van der Waals surface area contributed by atoms with Crippen LogP contribution >= 0.6 is 11.8 Å². The fraction of sp³-hybridized carbons (Fsp3) is 0.167. The van der Waals surface area contributed by atoms with Gasteiger partial charge in [-0.3, -0.25) is 4.79 Å². The highest BCUT2D eigenvalue weighted by atomic mass is 32.2. The van der Waals surface area contributed by atoms with E-state index in [2.05, 4.69) is 9.97 Å². The third-order valence-corrected chi connectivity index (χ3v) is 4.46. The Labute approximate surface area is 133 Å². The molecule has 1 heterocycles. The van der Waals surface area contributed by atoms with E-state index in [0.29, 0.717) is 5.75 Å². The van der Waals surface area contributed by atoms with Crippen molar-refractivity contribution in [3.8, 4) is 0 Å². The molecule has 0 spiro atoms. The fourth-order valence-electron chi connectivity index (χ4n) is 2.37. The zero-order chi connectivity index (χ0) is 15.5. The van der Waals surface area contributed by atoms with Crippen LogP contribution in [-0.4, -0.2) is 21.5 Å². The van der Waals surface area contributed by atoms with Gasteiger partial charge in [0, 0.05) is 10.9 Å². The average Bonchev–Trinajstić information content (AvgIpc) is 2.52. The molecule has 0 fully saturated rings. The van der Waals surface area contributed by atoms with E-state index in [1.807, 2.05) is 62.4 Å². The number of aryl methyl sites for hydroxylation is 2. The first-order valence-corrected chi connectivity index (χ1v) is 8.09. The van der Waals surface area contributed by atoms with Crippen molar-refractivity contribution in [2.45, 2.75) is 18.9 Å². The van der Waals surface area contributed by atoms with Gasteiger partial charge in [0.15, 0.2) is 5.78 Å². The molecule has 3 aromatic rings. The number of thioether (sulfide) groups is 1. The number of Topliss-reactive ketones (excluding diaryl/α,β-unsaturated/α-hetero) is 1. The number of hydrogen-bond acceptors (Lipinski definition) is 4. The van der Waals surface area contributed by atoms with Crippen LogP contribution in [0.4, 0.5) is 0 Å². The van der Waals surface area contributed by atoms with Crippen molar-refractivity contribution in [2.75, 3.05) is 5.75 Å². The van der Waals surface area contributed by atoms with Gasteiger partial charge < -0.3 is 0 Å². The van der Waals surface area contributed by atoms with E-state index in [4.69, 9.17) is 0 Å². The van der Waals surface area contributed by atoms with Crippen LogP contribution < -0.4 is 0 Å². The Bertz CT molecular complexity index is 845. The molecule has 110 valence electrons. The summed E-state index contributed by atoms with van der Waals surface area (Å²) in [7, 11) is 0. The number of ketones is 1. The van der Waals surface area contributed by atoms with Crippen molar-refractivity contribution >= 4 is 28.4 Å². The maximum atomic E-state index is 12.4. The van der Waals surface area contributed by atoms with Gasteiger partial charge >= 0.3 is 0 Å². The topological polar surface area (TPSA) is 42.9 Å². The quantitative estimate of drug-likeness (QED) is 0.411. The Balaban J connectivity index is 1.85. The number of hydrogen-bond donors (Lipinski definition) is 0. The molecule has 0 atom stereocenters. The second-order valence-corrected chi connectivity index (χ2v) is 6.08. The van der Waals surface area contributed by atoms with Crippen LogP contribution in [0.2, 0.25) is 0 Å². The Morgan fingerprint density at radius 3 is 2.55 bits per heavy atom. The summed E-state index contributed by atoms with van der Waals surface area (Å²) in [6.07, 6.45) is 0. The summed E-state index contributed by atoms with van der Waals surface area (Å²) in [5.41, 5.74) is 2.71. The first-order chi connectivity index (χ1) is 10.6. The maximum absolute atomic E-state index is 12.4. The number of carbonyl (C=O) groups excluding carboxylic acids is 1. The van der Waals surface area contributed by atoms with Gasteiger partial charge in [-0.15, -0.1) is 0 Å². The number of benzene rings is 2. The van der Waals surface area contributed by atoms with Gasteiger partial charge in [0.2, 0.25) is 0 Å². The molecular weight excluding hydrogens is 292 g/mol. The van der Waals surface area contributed by atoms with Gasteiger partial charge in [-0.2, -0.15) is 0 Å². The van der Waals surface area contributed by atoms with E-state index < -0.39 is 0 Å². The van der Waals surface area contributed by atoms with Crippen molar-refractivity contribution in [3.63, 3.8) is 0 Å². The largest absolute Gasteiger partial charge is 0.293 e. The molecule has 1 aromatic heterocycles. The van der Waals surface area contributed by atoms with E-state index in [0.717, 1.165) is 32.9 Å². The van der Waals surface area contributed by atoms with Gasteiger partial charge in [0.05, 0.1) is 11.3 Å². The molecule has 0 aliphatic rings.